The molecule has 0 spiro atoms. The summed E-state index contributed by atoms with van der Waals surface area (Å²) in [5, 5.41) is 5.11. The highest BCUT2D eigenvalue weighted by molar-refractivity contribution is 6.30. The van der Waals surface area contributed by atoms with Gasteiger partial charge in [0.05, 0.1) is 5.71 Å². The molecule has 1 aromatic rings. The van der Waals surface area contributed by atoms with Gasteiger partial charge in [-0.05, 0) is 73.7 Å². The highest BCUT2D eigenvalue weighted by Gasteiger charge is 2.28. The van der Waals surface area contributed by atoms with Crippen LogP contribution in [0.3, 0.4) is 0 Å². The van der Waals surface area contributed by atoms with Crippen LogP contribution >= 0.6 is 11.6 Å². The van der Waals surface area contributed by atoms with Crippen molar-refractivity contribution < 1.29 is 4.84 Å². The van der Waals surface area contributed by atoms with Crippen LogP contribution in [0.25, 0.3) is 5.57 Å². The first-order valence-corrected chi connectivity index (χ1v) is 9.14. The molecular weight excluding hydrogens is 332 g/mol. The average Bonchev–Trinajstić information content (AvgIpc) is 2.53. The predicted molar refractivity (Wildman–Crippen MR) is 108 cm³/mol. The van der Waals surface area contributed by atoms with Gasteiger partial charge in [-0.3, -0.25) is 0 Å². The summed E-state index contributed by atoms with van der Waals surface area (Å²) in [7, 11) is 4.12. The maximum atomic E-state index is 5.99. The third-order valence-electron chi connectivity index (χ3n) is 4.27. The van der Waals surface area contributed by atoms with Gasteiger partial charge in [0.25, 0.3) is 0 Å². The molecule has 3 nitrogen and oxygen atoms in total. The number of nitrogens with zero attached hydrogens (tertiary/aromatic N) is 2. The molecule has 1 aliphatic carbocycles. The molecule has 0 fully saturated rings. The second kappa shape index (κ2) is 8.68. The molecule has 1 aromatic carbocycles. The number of halogens is 1. The van der Waals surface area contributed by atoms with Crippen molar-refractivity contribution in [3.8, 4) is 0 Å². The van der Waals surface area contributed by atoms with Crippen molar-refractivity contribution in [2.45, 2.75) is 33.1 Å². The highest BCUT2D eigenvalue weighted by Crippen LogP contribution is 2.39. The molecule has 0 aromatic heterocycles. The zero-order valence-electron chi connectivity index (χ0n) is 15.8. The highest BCUT2D eigenvalue weighted by atomic mass is 35.5. The monoisotopic (exact) mass is 360 g/mol. The fourth-order valence-corrected chi connectivity index (χ4v) is 3.16. The number of allylic oxidation sites excluding steroid dienone is 3. The topological polar surface area (TPSA) is 24.8 Å². The zero-order valence-corrected chi connectivity index (χ0v) is 16.6. The Hall–Kier alpha value is -1.58. The molecule has 0 N–H and O–H groups in total. The Bertz CT molecular complexity index is 657. The van der Waals surface area contributed by atoms with Crippen molar-refractivity contribution >= 4 is 22.9 Å². The first-order valence-electron chi connectivity index (χ1n) is 8.76. The first-order chi connectivity index (χ1) is 11.8. The molecule has 0 unspecified atom stereocenters. The van der Waals surface area contributed by atoms with E-state index in [1.54, 1.807) is 0 Å². The quantitative estimate of drug-likeness (QED) is 0.478. The van der Waals surface area contributed by atoms with Crippen LogP contribution < -0.4 is 0 Å². The van der Waals surface area contributed by atoms with Gasteiger partial charge in [-0.15, -0.1) is 0 Å². The van der Waals surface area contributed by atoms with Crippen molar-refractivity contribution in [3.05, 3.63) is 53.1 Å². The van der Waals surface area contributed by atoms with Crippen LogP contribution in [-0.4, -0.2) is 37.9 Å². The Labute approximate surface area is 157 Å². The maximum absolute atomic E-state index is 5.99. The van der Waals surface area contributed by atoms with Gasteiger partial charge in [-0.1, -0.05) is 49.3 Å². The summed E-state index contributed by atoms with van der Waals surface area (Å²) < 4.78 is 0. The minimum absolute atomic E-state index is 0.144. The number of rotatable bonds is 7. The van der Waals surface area contributed by atoms with Crippen LogP contribution in [0.4, 0.5) is 0 Å². The van der Waals surface area contributed by atoms with Crippen molar-refractivity contribution in [1.82, 2.24) is 4.90 Å². The van der Waals surface area contributed by atoms with Gasteiger partial charge >= 0.3 is 0 Å². The van der Waals surface area contributed by atoms with Gasteiger partial charge in [0, 0.05) is 11.6 Å². The smallest absolute Gasteiger partial charge is 0.118 e. The number of hydrogen-bond donors (Lipinski definition) is 0. The van der Waals surface area contributed by atoms with Crippen LogP contribution in [-0.2, 0) is 4.84 Å². The molecule has 0 heterocycles. The lowest BCUT2D eigenvalue weighted by Crippen LogP contribution is -2.22. The average molecular weight is 361 g/mol. The molecular formula is C21H29ClN2O. The Kier molecular flexibility index (Phi) is 6.86. The molecule has 4 heteroatoms. The largest absolute Gasteiger partial charge is 0.396 e. The molecule has 0 saturated carbocycles. The molecule has 0 radical (unpaired) electrons. The summed E-state index contributed by atoms with van der Waals surface area (Å²) in [6.45, 7) is 10.5. The summed E-state index contributed by atoms with van der Waals surface area (Å²) >= 11 is 5.99. The van der Waals surface area contributed by atoms with Crippen LogP contribution in [0.5, 0.6) is 0 Å². The third-order valence-corrected chi connectivity index (χ3v) is 4.52. The molecule has 2 rings (SSSR count). The molecule has 0 saturated heterocycles. The first kappa shape index (κ1) is 19.7. The second-order valence-electron chi connectivity index (χ2n) is 7.75. The van der Waals surface area contributed by atoms with Gasteiger partial charge in [-0.2, -0.15) is 0 Å². The van der Waals surface area contributed by atoms with Crippen molar-refractivity contribution in [1.29, 1.82) is 0 Å². The van der Waals surface area contributed by atoms with Gasteiger partial charge < -0.3 is 9.74 Å². The molecule has 0 amide bonds. The van der Waals surface area contributed by atoms with E-state index in [1.165, 1.54) is 5.57 Å². The summed E-state index contributed by atoms with van der Waals surface area (Å²) in [4.78, 5) is 7.68. The predicted octanol–water partition coefficient (Wildman–Crippen LogP) is 5.42. The lowest BCUT2D eigenvalue weighted by Gasteiger charge is -2.31. The summed E-state index contributed by atoms with van der Waals surface area (Å²) in [5.41, 5.74) is 4.48. The van der Waals surface area contributed by atoms with Crippen molar-refractivity contribution in [2.24, 2.45) is 10.6 Å². The summed E-state index contributed by atoms with van der Waals surface area (Å²) in [6.07, 6.45) is 5.00. The molecule has 1 aliphatic rings. The van der Waals surface area contributed by atoms with Crippen LogP contribution in [0.2, 0.25) is 5.02 Å². The van der Waals surface area contributed by atoms with E-state index < -0.39 is 0 Å². The van der Waals surface area contributed by atoms with E-state index in [1.807, 2.05) is 24.3 Å². The lowest BCUT2D eigenvalue weighted by molar-refractivity contribution is 0.133. The Balaban J connectivity index is 2.09. The Morgan fingerprint density at radius 2 is 1.92 bits per heavy atom. The fraction of sp³-hybridized carbons (Fsp3) is 0.476. The van der Waals surface area contributed by atoms with Gasteiger partial charge in [0.15, 0.2) is 0 Å². The number of oxime groups is 1. The third kappa shape index (κ3) is 6.33. The van der Waals surface area contributed by atoms with E-state index >= 15 is 0 Å². The molecule has 0 aliphatic heterocycles. The van der Waals surface area contributed by atoms with Gasteiger partial charge in [0.1, 0.15) is 6.61 Å². The van der Waals surface area contributed by atoms with Gasteiger partial charge in [0.2, 0.25) is 0 Å². The van der Waals surface area contributed by atoms with Crippen molar-refractivity contribution in [3.63, 3.8) is 0 Å². The normalized spacial score (nSPS) is 18.3. The molecule has 25 heavy (non-hydrogen) atoms. The van der Waals surface area contributed by atoms with Crippen LogP contribution in [0.15, 0.2) is 47.6 Å². The van der Waals surface area contributed by atoms with Gasteiger partial charge in [-0.25, -0.2) is 0 Å². The maximum Gasteiger partial charge on any atom is 0.118 e. The second-order valence-corrected chi connectivity index (χ2v) is 8.18. The summed E-state index contributed by atoms with van der Waals surface area (Å²) in [6, 6.07) is 7.84. The Morgan fingerprint density at radius 1 is 1.24 bits per heavy atom. The van der Waals surface area contributed by atoms with E-state index in [0.717, 1.165) is 47.7 Å². The van der Waals surface area contributed by atoms with Crippen LogP contribution in [0.1, 0.15) is 38.7 Å². The van der Waals surface area contributed by atoms with E-state index in [0.29, 0.717) is 6.61 Å². The fourth-order valence-electron chi connectivity index (χ4n) is 3.03. The minimum atomic E-state index is 0.144. The van der Waals surface area contributed by atoms with E-state index in [9.17, 15) is 0 Å². The molecule has 0 bridgehead atoms. The molecule has 136 valence electrons. The zero-order chi connectivity index (χ0) is 18.4. The molecule has 0 atom stereocenters. The van der Waals surface area contributed by atoms with E-state index in [2.05, 4.69) is 50.7 Å². The minimum Gasteiger partial charge on any atom is -0.396 e. The number of hydrogen-bond acceptors (Lipinski definition) is 3. The van der Waals surface area contributed by atoms with E-state index in [-0.39, 0.29) is 5.41 Å². The van der Waals surface area contributed by atoms with Crippen LogP contribution in [0, 0.1) is 5.41 Å². The van der Waals surface area contributed by atoms with Crippen molar-refractivity contribution in [2.75, 3.05) is 27.2 Å². The standard InChI is InChI=1S/C21H29ClN2O/c1-16(17-7-9-19(22)10-8-17)18-13-20(15-21(2,3)14-18)23-25-12-6-11-24(4)5/h7-10,13H,1,6,11-12,14-15H2,2-5H3/b23-20-. The Morgan fingerprint density at radius 3 is 2.56 bits per heavy atom. The van der Waals surface area contributed by atoms with E-state index in [4.69, 9.17) is 16.4 Å². The number of benzene rings is 1. The lowest BCUT2D eigenvalue weighted by atomic mass is 9.74. The summed E-state index contributed by atoms with van der Waals surface area (Å²) in [5.74, 6) is 0. The SMILES string of the molecule is C=C(C1=C/C(=N/OCCCN(C)C)CC(C)(C)C1)c1ccc(Cl)cc1.